The first-order chi connectivity index (χ1) is 15.1. The highest BCUT2D eigenvalue weighted by molar-refractivity contribution is 6.32. The van der Waals surface area contributed by atoms with Crippen molar-refractivity contribution in [1.29, 1.82) is 0 Å². The number of pyridine rings is 1. The molecule has 0 spiro atoms. The molecule has 1 amide bonds. The first kappa shape index (κ1) is 21.7. The van der Waals surface area contributed by atoms with Crippen LogP contribution in [-0.2, 0) is 6.18 Å². The average Bonchev–Trinajstić information content (AvgIpc) is 3.39. The maximum Gasteiger partial charge on any atom is 0.434 e. The summed E-state index contributed by atoms with van der Waals surface area (Å²) in [6.07, 6.45) is -0.339. The van der Waals surface area contributed by atoms with Crippen LogP contribution >= 0.6 is 23.2 Å². The summed E-state index contributed by atoms with van der Waals surface area (Å²) in [6.45, 7) is 0. The summed E-state index contributed by atoms with van der Waals surface area (Å²) in [5.41, 5.74) is -2.61. The number of nitrogens with zero attached hydrogens (tertiary/aromatic N) is 6. The molecule has 0 radical (unpaired) electrons. The summed E-state index contributed by atoms with van der Waals surface area (Å²) in [6, 6.07) is 4.11. The van der Waals surface area contributed by atoms with E-state index in [-0.39, 0.29) is 27.2 Å². The number of alkyl halides is 3. The number of carbonyl (C=O) groups is 1. The lowest BCUT2D eigenvalue weighted by molar-refractivity contribution is -0.143. The first-order valence-corrected chi connectivity index (χ1v) is 9.35. The van der Waals surface area contributed by atoms with Gasteiger partial charge in [-0.05, 0) is 18.2 Å². The summed E-state index contributed by atoms with van der Waals surface area (Å²) >= 11 is 12.0. The van der Waals surface area contributed by atoms with Crippen LogP contribution in [0.3, 0.4) is 0 Å². The first-order valence-electron chi connectivity index (χ1n) is 8.59. The SMILES string of the molecule is O=C(Nc1cnc(-n2nccn2)c(Cl)c1)c1cnn(-c2cc(F)ccc2Cl)c1C(F)(F)F. The highest BCUT2D eigenvalue weighted by atomic mass is 35.5. The summed E-state index contributed by atoms with van der Waals surface area (Å²) < 4.78 is 55.4. The minimum Gasteiger partial charge on any atom is -0.320 e. The number of hydrogen-bond donors (Lipinski definition) is 1. The van der Waals surface area contributed by atoms with Gasteiger partial charge in [0.05, 0.1) is 51.8 Å². The predicted molar refractivity (Wildman–Crippen MR) is 106 cm³/mol. The summed E-state index contributed by atoms with van der Waals surface area (Å²) in [5.74, 6) is -1.82. The summed E-state index contributed by atoms with van der Waals surface area (Å²) in [7, 11) is 0. The molecule has 3 heterocycles. The van der Waals surface area contributed by atoms with Gasteiger partial charge >= 0.3 is 6.18 Å². The number of benzene rings is 1. The van der Waals surface area contributed by atoms with Crippen LogP contribution in [0.4, 0.5) is 23.2 Å². The van der Waals surface area contributed by atoms with E-state index in [1.54, 1.807) is 0 Å². The highest BCUT2D eigenvalue weighted by Gasteiger charge is 2.41. The molecule has 4 rings (SSSR count). The molecular formula is C18H9Cl2F4N7O. The number of nitrogens with one attached hydrogen (secondary N) is 1. The Kier molecular flexibility index (Phi) is 5.57. The molecule has 1 N–H and O–H groups in total. The molecule has 0 unspecified atom stereocenters. The zero-order valence-corrected chi connectivity index (χ0v) is 17.0. The maximum absolute atomic E-state index is 13.8. The van der Waals surface area contributed by atoms with Crippen molar-refractivity contribution in [1.82, 2.24) is 29.8 Å². The fraction of sp³-hybridized carbons (Fsp3) is 0.0556. The minimum absolute atomic E-state index is 0.0144. The number of amides is 1. The summed E-state index contributed by atoms with van der Waals surface area (Å²) in [4.78, 5) is 17.8. The molecule has 0 aliphatic heterocycles. The number of rotatable bonds is 4. The molecule has 0 aliphatic rings. The predicted octanol–water partition coefficient (Wildman–Crippen LogP) is 4.57. The van der Waals surface area contributed by atoms with Gasteiger partial charge in [-0.25, -0.2) is 14.1 Å². The lowest BCUT2D eigenvalue weighted by Gasteiger charge is -2.14. The van der Waals surface area contributed by atoms with Crippen LogP contribution in [-0.4, -0.2) is 35.7 Å². The Labute approximate surface area is 186 Å². The van der Waals surface area contributed by atoms with E-state index in [9.17, 15) is 22.4 Å². The number of anilines is 1. The largest absolute Gasteiger partial charge is 0.434 e. The molecule has 0 bridgehead atoms. The van der Waals surface area contributed by atoms with E-state index in [0.717, 1.165) is 23.0 Å². The van der Waals surface area contributed by atoms with Crippen molar-refractivity contribution >= 4 is 34.8 Å². The van der Waals surface area contributed by atoms with E-state index < -0.39 is 29.2 Å². The number of aromatic nitrogens is 6. The van der Waals surface area contributed by atoms with E-state index >= 15 is 0 Å². The summed E-state index contributed by atoms with van der Waals surface area (Å²) in [5, 5.41) is 13.5. The molecule has 0 saturated carbocycles. The number of hydrogen-bond acceptors (Lipinski definition) is 5. The number of carbonyl (C=O) groups excluding carboxylic acids is 1. The molecule has 0 fully saturated rings. The molecule has 0 atom stereocenters. The fourth-order valence-corrected chi connectivity index (χ4v) is 3.23. The molecule has 3 aromatic heterocycles. The van der Waals surface area contributed by atoms with Crippen LogP contribution in [0.5, 0.6) is 0 Å². The van der Waals surface area contributed by atoms with Crippen LogP contribution in [0.15, 0.2) is 49.1 Å². The third kappa shape index (κ3) is 4.14. The van der Waals surface area contributed by atoms with E-state index in [1.807, 2.05) is 0 Å². The second-order valence-corrected chi connectivity index (χ2v) is 7.03. The second kappa shape index (κ2) is 8.20. The van der Waals surface area contributed by atoms with Crippen molar-refractivity contribution in [2.75, 3.05) is 5.32 Å². The molecule has 1 aromatic carbocycles. The normalized spacial score (nSPS) is 11.6. The average molecular weight is 486 g/mol. The molecule has 164 valence electrons. The van der Waals surface area contributed by atoms with Crippen molar-refractivity contribution in [2.45, 2.75) is 6.18 Å². The van der Waals surface area contributed by atoms with Gasteiger partial charge in [-0.1, -0.05) is 23.2 Å². The third-order valence-corrected chi connectivity index (χ3v) is 4.70. The number of halogens is 6. The highest BCUT2D eigenvalue weighted by Crippen LogP contribution is 2.35. The van der Waals surface area contributed by atoms with Crippen LogP contribution in [0, 0.1) is 5.82 Å². The monoisotopic (exact) mass is 485 g/mol. The van der Waals surface area contributed by atoms with Crippen molar-refractivity contribution in [3.8, 4) is 11.5 Å². The van der Waals surface area contributed by atoms with Crippen LogP contribution in [0.2, 0.25) is 10.0 Å². The molecule has 0 aliphatic carbocycles. The lowest BCUT2D eigenvalue weighted by Crippen LogP contribution is -2.21. The quantitative estimate of drug-likeness (QED) is 0.427. The Bertz CT molecular complexity index is 1310. The molecule has 8 nitrogen and oxygen atoms in total. The van der Waals surface area contributed by atoms with Crippen molar-refractivity contribution in [2.24, 2.45) is 0 Å². The van der Waals surface area contributed by atoms with Gasteiger partial charge in [0.15, 0.2) is 11.5 Å². The van der Waals surface area contributed by atoms with Crippen LogP contribution < -0.4 is 5.32 Å². The van der Waals surface area contributed by atoms with E-state index in [0.29, 0.717) is 10.9 Å². The van der Waals surface area contributed by atoms with E-state index in [2.05, 4.69) is 25.6 Å². The molecule has 4 aromatic rings. The van der Waals surface area contributed by atoms with Crippen molar-refractivity contribution < 1.29 is 22.4 Å². The Hall–Kier alpha value is -3.51. The van der Waals surface area contributed by atoms with Gasteiger partial charge < -0.3 is 5.32 Å². The standard InChI is InChI=1S/C18H9Cl2F4N7O/c19-12-2-1-9(21)5-14(12)30-15(18(22,23)24)11(8-28-30)17(32)29-10-6-13(20)16(25-7-10)31-26-3-4-27-31/h1-8H,(H,29,32). The van der Waals surface area contributed by atoms with Gasteiger partial charge in [0.25, 0.3) is 5.91 Å². The molecular weight excluding hydrogens is 477 g/mol. The minimum atomic E-state index is -5.01. The van der Waals surface area contributed by atoms with Crippen LogP contribution in [0.25, 0.3) is 11.5 Å². The van der Waals surface area contributed by atoms with Crippen molar-refractivity contribution in [3.05, 3.63) is 76.2 Å². The van der Waals surface area contributed by atoms with Gasteiger partial charge in [0.1, 0.15) is 5.82 Å². The van der Waals surface area contributed by atoms with Gasteiger partial charge in [0.2, 0.25) is 0 Å². The van der Waals surface area contributed by atoms with Gasteiger partial charge in [-0.2, -0.15) is 28.5 Å². The topological polar surface area (TPSA) is 90.5 Å². The zero-order valence-electron chi connectivity index (χ0n) is 15.5. The van der Waals surface area contributed by atoms with Gasteiger partial charge in [0, 0.05) is 6.07 Å². The molecule has 0 saturated heterocycles. The Morgan fingerprint density at radius 2 is 1.72 bits per heavy atom. The Balaban J connectivity index is 1.70. The fourth-order valence-electron chi connectivity index (χ4n) is 2.79. The van der Waals surface area contributed by atoms with Crippen LogP contribution in [0.1, 0.15) is 16.1 Å². The molecule has 14 heteroatoms. The van der Waals surface area contributed by atoms with E-state index in [4.69, 9.17) is 23.2 Å². The zero-order chi connectivity index (χ0) is 23.0. The third-order valence-electron chi connectivity index (χ3n) is 4.11. The second-order valence-electron chi connectivity index (χ2n) is 6.21. The van der Waals surface area contributed by atoms with E-state index in [1.165, 1.54) is 24.7 Å². The molecule has 32 heavy (non-hydrogen) atoms. The maximum atomic E-state index is 13.8. The lowest BCUT2D eigenvalue weighted by atomic mass is 10.2. The Morgan fingerprint density at radius 3 is 2.38 bits per heavy atom. The van der Waals surface area contributed by atoms with Crippen molar-refractivity contribution in [3.63, 3.8) is 0 Å². The van der Waals surface area contributed by atoms with Gasteiger partial charge in [-0.3, -0.25) is 4.79 Å². The van der Waals surface area contributed by atoms with Gasteiger partial charge in [-0.15, -0.1) is 4.80 Å². The smallest absolute Gasteiger partial charge is 0.320 e. The Morgan fingerprint density at radius 1 is 1.00 bits per heavy atom.